The number of aromatic nitrogens is 5. The summed E-state index contributed by atoms with van der Waals surface area (Å²) in [7, 11) is 0. The third kappa shape index (κ3) is 3.95. The van der Waals surface area contributed by atoms with Gasteiger partial charge in [0.25, 0.3) is 0 Å². The molecule has 1 fully saturated rings. The molecular formula is C20H24N6O2. The summed E-state index contributed by atoms with van der Waals surface area (Å²) in [5.74, 6) is 2.48. The summed E-state index contributed by atoms with van der Waals surface area (Å²) in [4.78, 5) is 27.6. The number of rotatable bonds is 6. The molecular weight excluding hydrogens is 356 g/mol. The molecule has 28 heavy (non-hydrogen) atoms. The minimum atomic E-state index is 0.125. The Morgan fingerprint density at radius 1 is 1.36 bits per heavy atom. The van der Waals surface area contributed by atoms with Crippen molar-refractivity contribution in [2.45, 2.75) is 45.1 Å². The summed E-state index contributed by atoms with van der Waals surface area (Å²) < 4.78 is 7.46. The van der Waals surface area contributed by atoms with Gasteiger partial charge in [0.1, 0.15) is 5.82 Å². The number of pyridine rings is 1. The number of nitrogens with zero attached hydrogens (tertiary/aromatic N) is 6. The normalized spacial score (nSPS) is 17.0. The van der Waals surface area contributed by atoms with Crippen LogP contribution in [0.2, 0.25) is 0 Å². The van der Waals surface area contributed by atoms with E-state index in [2.05, 4.69) is 31.6 Å². The first-order valence-electron chi connectivity index (χ1n) is 9.76. The quantitative estimate of drug-likeness (QED) is 0.653. The summed E-state index contributed by atoms with van der Waals surface area (Å²) in [5, 5.41) is 3.98. The average molecular weight is 380 g/mol. The van der Waals surface area contributed by atoms with E-state index in [1.807, 2.05) is 29.4 Å². The topological polar surface area (TPSA) is 89.9 Å². The summed E-state index contributed by atoms with van der Waals surface area (Å²) >= 11 is 0. The molecule has 3 aromatic heterocycles. The van der Waals surface area contributed by atoms with E-state index in [0.717, 1.165) is 43.9 Å². The predicted molar refractivity (Wildman–Crippen MR) is 102 cm³/mol. The van der Waals surface area contributed by atoms with Crippen molar-refractivity contribution in [1.82, 2.24) is 29.6 Å². The van der Waals surface area contributed by atoms with Crippen LogP contribution in [0, 0.1) is 0 Å². The second-order valence-electron chi connectivity index (χ2n) is 7.00. The highest BCUT2D eigenvalue weighted by molar-refractivity contribution is 5.76. The molecule has 4 rings (SSSR count). The zero-order valence-corrected chi connectivity index (χ0v) is 16.0. The maximum atomic E-state index is 12.7. The van der Waals surface area contributed by atoms with Crippen LogP contribution in [0.4, 0.5) is 0 Å². The monoisotopic (exact) mass is 380 g/mol. The number of hydrogen-bond donors (Lipinski definition) is 0. The van der Waals surface area contributed by atoms with Crippen LogP contribution in [0.25, 0.3) is 11.4 Å². The van der Waals surface area contributed by atoms with Gasteiger partial charge in [-0.15, -0.1) is 0 Å². The molecule has 0 radical (unpaired) electrons. The zero-order chi connectivity index (χ0) is 19.3. The molecule has 0 unspecified atom stereocenters. The largest absolute Gasteiger partial charge is 0.342 e. The standard InChI is InChI=1S/C20H24N6O2/c1-2-25-12-10-22-20(25)16-6-4-11-26(14-16)18(27)8-7-17-23-19(24-28-17)15-5-3-9-21-13-15/h3,5,9-10,12-13,16H,2,4,6-8,11,14H2,1H3/t16-/m0/s1. The highest BCUT2D eigenvalue weighted by Gasteiger charge is 2.27. The molecule has 4 heterocycles. The molecule has 146 valence electrons. The third-order valence-electron chi connectivity index (χ3n) is 5.17. The lowest BCUT2D eigenvalue weighted by atomic mass is 9.96. The van der Waals surface area contributed by atoms with Gasteiger partial charge in [-0.1, -0.05) is 5.16 Å². The first-order valence-corrected chi connectivity index (χ1v) is 9.76. The van der Waals surface area contributed by atoms with E-state index in [0.29, 0.717) is 30.5 Å². The minimum Gasteiger partial charge on any atom is -0.342 e. The van der Waals surface area contributed by atoms with Gasteiger partial charge in [0, 0.05) is 68.7 Å². The van der Waals surface area contributed by atoms with Gasteiger partial charge in [-0.2, -0.15) is 4.98 Å². The fraction of sp³-hybridized carbons (Fsp3) is 0.450. The van der Waals surface area contributed by atoms with Crippen molar-refractivity contribution in [2.75, 3.05) is 13.1 Å². The fourth-order valence-electron chi connectivity index (χ4n) is 3.70. The molecule has 8 nitrogen and oxygen atoms in total. The predicted octanol–water partition coefficient (Wildman–Crippen LogP) is 2.69. The van der Waals surface area contributed by atoms with Crippen LogP contribution < -0.4 is 0 Å². The lowest BCUT2D eigenvalue weighted by Crippen LogP contribution is -2.39. The van der Waals surface area contributed by atoms with E-state index in [-0.39, 0.29) is 5.91 Å². The Morgan fingerprint density at radius 3 is 3.11 bits per heavy atom. The highest BCUT2D eigenvalue weighted by Crippen LogP contribution is 2.26. The van der Waals surface area contributed by atoms with Crippen LogP contribution in [-0.4, -0.2) is 48.6 Å². The van der Waals surface area contributed by atoms with Gasteiger partial charge in [0.05, 0.1) is 0 Å². The van der Waals surface area contributed by atoms with Crippen molar-refractivity contribution < 1.29 is 9.32 Å². The number of carbonyl (C=O) groups excluding carboxylic acids is 1. The molecule has 0 spiro atoms. The van der Waals surface area contributed by atoms with Gasteiger partial charge >= 0.3 is 0 Å². The van der Waals surface area contributed by atoms with E-state index in [9.17, 15) is 4.79 Å². The maximum Gasteiger partial charge on any atom is 0.227 e. The molecule has 0 saturated carbocycles. The number of carbonyl (C=O) groups is 1. The van der Waals surface area contributed by atoms with Gasteiger partial charge in [-0.3, -0.25) is 9.78 Å². The molecule has 1 atom stereocenters. The lowest BCUT2D eigenvalue weighted by Gasteiger charge is -2.32. The van der Waals surface area contributed by atoms with Crippen LogP contribution in [0.3, 0.4) is 0 Å². The third-order valence-corrected chi connectivity index (χ3v) is 5.17. The molecule has 0 N–H and O–H groups in total. The summed E-state index contributed by atoms with van der Waals surface area (Å²) in [6.45, 7) is 4.53. The molecule has 0 aliphatic carbocycles. The average Bonchev–Trinajstić information content (AvgIpc) is 3.42. The maximum absolute atomic E-state index is 12.7. The van der Waals surface area contributed by atoms with Crippen molar-refractivity contribution in [1.29, 1.82) is 0 Å². The number of amides is 1. The number of imidazole rings is 1. The van der Waals surface area contributed by atoms with Crippen LogP contribution in [0.15, 0.2) is 41.4 Å². The van der Waals surface area contributed by atoms with Gasteiger partial charge in [-0.05, 0) is 31.9 Å². The molecule has 3 aromatic rings. The Hall–Kier alpha value is -3.03. The Bertz CT molecular complexity index is 920. The van der Waals surface area contributed by atoms with Crippen molar-refractivity contribution in [3.8, 4) is 11.4 Å². The molecule has 0 bridgehead atoms. The van der Waals surface area contributed by atoms with Crippen molar-refractivity contribution >= 4 is 5.91 Å². The summed E-state index contributed by atoms with van der Waals surface area (Å²) in [6, 6.07) is 3.70. The van der Waals surface area contributed by atoms with Crippen LogP contribution >= 0.6 is 0 Å². The molecule has 8 heteroatoms. The van der Waals surface area contributed by atoms with Gasteiger partial charge in [0.2, 0.25) is 17.6 Å². The summed E-state index contributed by atoms with van der Waals surface area (Å²) in [5.41, 5.74) is 0.800. The Morgan fingerprint density at radius 2 is 2.29 bits per heavy atom. The van der Waals surface area contributed by atoms with Gasteiger partial charge in [-0.25, -0.2) is 4.98 Å². The molecule has 1 saturated heterocycles. The molecule has 1 aliphatic rings. The number of piperidine rings is 1. The van der Waals surface area contributed by atoms with E-state index < -0.39 is 0 Å². The Balaban J connectivity index is 1.34. The smallest absolute Gasteiger partial charge is 0.227 e. The van der Waals surface area contributed by atoms with Crippen molar-refractivity contribution in [3.05, 3.63) is 48.6 Å². The van der Waals surface area contributed by atoms with Crippen LogP contribution in [0.1, 0.15) is 43.8 Å². The van der Waals surface area contributed by atoms with E-state index in [1.54, 1.807) is 12.4 Å². The SMILES string of the molecule is CCn1ccnc1[C@H]1CCCN(C(=O)CCc2nc(-c3cccnc3)no2)C1. The van der Waals surface area contributed by atoms with E-state index in [1.165, 1.54) is 0 Å². The molecule has 0 aromatic carbocycles. The van der Waals surface area contributed by atoms with E-state index >= 15 is 0 Å². The first-order chi connectivity index (χ1) is 13.7. The van der Waals surface area contributed by atoms with Gasteiger partial charge < -0.3 is 14.0 Å². The van der Waals surface area contributed by atoms with Crippen molar-refractivity contribution in [2.24, 2.45) is 0 Å². The number of aryl methyl sites for hydroxylation is 2. The number of hydrogen-bond acceptors (Lipinski definition) is 6. The van der Waals surface area contributed by atoms with Crippen LogP contribution in [-0.2, 0) is 17.8 Å². The molecule has 1 aliphatic heterocycles. The zero-order valence-electron chi connectivity index (χ0n) is 16.0. The second-order valence-corrected chi connectivity index (χ2v) is 7.00. The molecule has 1 amide bonds. The Kier molecular flexibility index (Phi) is 5.45. The number of likely N-dealkylation sites (tertiary alicyclic amines) is 1. The van der Waals surface area contributed by atoms with Gasteiger partial charge in [0.15, 0.2) is 0 Å². The summed E-state index contributed by atoms with van der Waals surface area (Å²) in [6.07, 6.45) is 10.1. The van der Waals surface area contributed by atoms with Crippen molar-refractivity contribution in [3.63, 3.8) is 0 Å². The Labute approximate surface area is 163 Å². The second kappa shape index (κ2) is 8.33. The van der Waals surface area contributed by atoms with E-state index in [4.69, 9.17) is 4.52 Å². The van der Waals surface area contributed by atoms with Crippen LogP contribution in [0.5, 0.6) is 0 Å². The highest BCUT2D eigenvalue weighted by atomic mass is 16.5. The first kappa shape index (κ1) is 18.3. The fourth-order valence-corrected chi connectivity index (χ4v) is 3.70. The lowest BCUT2D eigenvalue weighted by molar-refractivity contribution is -0.132. The minimum absolute atomic E-state index is 0.125.